The van der Waals surface area contributed by atoms with Crippen LogP contribution in [0.2, 0.25) is 0 Å². The summed E-state index contributed by atoms with van der Waals surface area (Å²) in [7, 11) is 1.66. The highest BCUT2D eigenvalue weighted by molar-refractivity contribution is 14.0. The molecule has 8 heteroatoms. The van der Waals surface area contributed by atoms with Crippen molar-refractivity contribution in [1.82, 2.24) is 25.8 Å². The van der Waals surface area contributed by atoms with Gasteiger partial charge in [0.15, 0.2) is 5.96 Å². The average Bonchev–Trinajstić information content (AvgIpc) is 2.68. The van der Waals surface area contributed by atoms with Gasteiger partial charge in [-0.3, -0.25) is 19.7 Å². The standard InChI is InChI=1S/C20H34N6O.HI/c1-5-22-19(24-15-20(2,3)18(27)21-4)25-16-9-12-26(13-10-16)14-17-8-6-7-11-23-17;/h6-8,11,16H,5,9-10,12-15H2,1-4H3,(H,21,27)(H2,22,24,25);1H. The number of rotatable bonds is 7. The van der Waals surface area contributed by atoms with E-state index in [1.165, 1.54) is 0 Å². The van der Waals surface area contributed by atoms with Crippen molar-refractivity contribution in [1.29, 1.82) is 0 Å². The summed E-state index contributed by atoms with van der Waals surface area (Å²) >= 11 is 0. The van der Waals surface area contributed by atoms with E-state index in [2.05, 4.69) is 43.8 Å². The van der Waals surface area contributed by atoms with Crippen LogP contribution in [0.1, 0.15) is 39.3 Å². The number of nitrogens with zero attached hydrogens (tertiary/aromatic N) is 3. The predicted molar refractivity (Wildman–Crippen MR) is 125 cm³/mol. The van der Waals surface area contributed by atoms with Gasteiger partial charge in [-0.05, 0) is 45.7 Å². The summed E-state index contributed by atoms with van der Waals surface area (Å²) < 4.78 is 0. The fourth-order valence-electron chi connectivity index (χ4n) is 3.16. The summed E-state index contributed by atoms with van der Waals surface area (Å²) in [6.45, 7) is 10.1. The molecule has 1 aliphatic rings. The van der Waals surface area contributed by atoms with Crippen LogP contribution in [0.5, 0.6) is 0 Å². The molecule has 3 N–H and O–H groups in total. The van der Waals surface area contributed by atoms with Crippen molar-refractivity contribution in [2.75, 3.05) is 33.2 Å². The first-order valence-electron chi connectivity index (χ1n) is 9.84. The number of pyridine rings is 1. The molecule has 0 spiro atoms. The van der Waals surface area contributed by atoms with E-state index in [1.54, 1.807) is 7.05 Å². The maximum Gasteiger partial charge on any atom is 0.227 e. The van der Waals surface area contributed by atoms with Gasteiger partial charge >= 0.3 is 0 Å². The second-order valence-corrected chi connectivity index (χ2v) is 7.67. The van der Waals surface area contributed by atoms with E-state index >= 15 is 0 Å². The molecule has 2 heterocycles. The Morgan fingerprint density at radius 1 is 1.32 bits per heavy atom. The molecule has 1 fully saturated rings. The number of nitrogens with one attached hydrogen (secondary N) is 3. The first kappa shape index (κ1) is 24.6. The van der Waals surface area contributed by atoms with Crippen molar-refractivity contribution in [3.05, 3.63) is 30.1 Å². The molecular formula is C20H35IN6O. The number of hydrogen-bond donors (Lipinski definition) is 3. The maximum atomic E-state index is 11.9. The number of amides is 1. The molecule has 1 saturated heterocycles. The molecule has 0 bridgehead atoms. The first-order chi connectivity index (χ1) is 12.9. The second-order valence-electron chi connectivity index (χ2n) is 7.67. The van der Waals surface area contributed by atoms with Crippen LogP contribution >= 0.6 is 24.0 Å². The molecule has 1 aromatic rings. The minimum Gasteiger partial charge on any atom is -0.359 e. The normalized spacial score (nSPS) is 16.2. The van der Waals surface area contributed by atoms with E-state index in [4.69, 9.17) is 0 Å². The number of halogens is 1. The molecule has 1 aromatic heterocycles. The van der Waals surface area contributed by atoms with Crippen molar-refractivity contribution < 1.29 is 4.79 Å². The van der Waals surface area contributed by atoms with Crippen LogP contribution < -0.4 is 16.0 Å². The van der Waals surface area contributed by atoms with Gasteiger partial charge in [0.1, 0.15) is 0 Å². The number of carbonyl (C=O) groups excluding carboxylic acids is 1. The molecular weight excluding hydrogens is 467 g/mol. The molecule has 0 saturated carbocycles. The number of hydrogen-bond acceptors (Lipinski definition) is 4. The Morgan fingerprint density at radius 2 is 2.04 bits per heavy atom. The Hall–Kier alpha value is -1.42. The largest absolute Gasteiger partial charge is 0.359 e. The lowest BCUT2D eigenvalue weighted by Gasteiger charge is -2.33. The van der Waals surface area contributed by atoms with Crippen molar-refractivity contribution in [3.8, 4) is 0 Å². The first-order valence-corrected chi connectivity index (χ1v) is 9.84. The Morgan fingerprint density at radius 3 is 2.61 bits per heavy atom. The van der Waals surface area contributed by atoms with Gasteiger partial charge in [0, 0.05) is 45.5 Å². The lowest BCUT2D eigenvalue weighted by Crippen LogP contribution is -2.49. The Kier molecular flexibility index (Phi) is 10.7. The zero-order valence-electron chi connectivity index (χ0n) is 17.5. The highest BCUT2D eigenvalue weighted by Gasteiger charge is 2.27. The van der Waals surface area contributed by atoms with Crippen LogP contribution in [-0.2, 0) is 11.3 Å². The molecule has 7 nitrogen and oxygen atoms in total. The van der Waals surface area contributed by atoms with Gasteiger partial charge in [0.05, 0.1) is 17.7 Å². The number of carbonyl (C=O) groups is 1. The van der Waals surface area contributed by atoms with E-state index in [1.807, 2.05) is 32.2 Å². The third-order valence-corrected chi connectivity index (χ3v) is 4.86. The van der Waals surface area contributed by atoms with Crippen molar-refractivity contribution in [2.45, 2.75) is 46.2 Å². The van der Waals surface area contributed by atoms with E-state index in [0.717, 1.165) is 50.7 Å². The van der Waals surface area contributed by atoms with Crippen LogP contribution in [-0.4, -0.2) is 61.0 Å². The maximum absolute atomic E-state index is 11.9. The van der Waals surface area contributed by atoms with E-state index in [0.29, 0.717) is 12.6 Å². The van der Waals surface area contributed by atoms with Gasteiger partial charge in [0.25, 0.3) is 0 Å². The average molecular weight is 502 g/mol. The lowest BCUT2D eigenvalue weighted by atomic mass is 9.93. The van der Waals surface area contributed by atoms with E-state index in [9.17, 15) is 4.79 Å². The summed E-state index contributed by atoms with van der Waals surface area (Å²) in [4.78, 5) is 23.5. The molecule has 1 amide bonds. The van der Waals surface area contributed by atoms with E-state index in [-0.39, 0.29) is 29.9 Å². The molecule has 2 rings (SSSR count). The van der Waals surface area contributed by atoms with Crippen LogP contribution in [0, 0.1) is 5.41 Å². The third-order valence-electron chi connectivity index (χ3n) is 4.86. The minimum absolute atomic E-state index is 0. The molecule has 0 radical (unpaired) electrons. The zero-order chi connectivity index (χ0) is 19.7. The predicted octanol–water partition coefficient (Wildman–Crippen LogP) is 1.99. The van der Waals surface area contributed by atoms with Crippen LogP contribution in [0.15, 0.2) is 29.4 Å². The number of guanidine groups is 1. The molecule has 0 aliphatic carbocycles. The molecule has 0 unspecified atom stereocenters. The summed E-state index contributed by atoms with van der Waals surface area (Å²) in [5, 5.41) is 9.54. The third kappa shape index (κ3) is 7.90. The molecule has 158 valence electrons. The van der Waals surface area contributed by atoms with Gasteiger partial charge in [-0.2, -0.15) is 0 Å². The Balaban J connectivity index is 0.00000392. The quantitative estimate of drug-likeness (QED) is 0.302. The fourth-order valence-corrected chi connectivity index (χ4v) is 3.16. The zero-order valence-corrected chi connectivity index (χ0v) is 19.8. The molecule has 0 aromatic carbocycles. The van der Waals surface area contributed by atoms with Gasteiger partial charge in [-0.15, -0.1) is 24.0 Å². The molecule has 0 atom stereocenters. The van der Waals surface area contributed by atoms with Gasteiger partial charge in [0.2, 0.25) is 5.91 Å². The van der Waals surface area contributed by atoms with Crippen molar-refractivity contribution in [2.24, 2.45) is 10.4 Å². The number of aromatic nitrogens is 1. The number of piperidine rings is 1. The van der Waals surface area contributed by atoms with Crippen molar-refractivity contribution >= 4 is 35.8 Å². The van der Waals surface area contributed by atoms with Crippen LogP contribution in [0.25, 0.3) is 0 Å². The summed E-state index contributed by atoms with van der Waals surface area (Å²) in [6, 6.07) is 6.46. The Bertz CT molecular complexity index is 614. The SMILES string of the molecule is CCNC(=NCC(C)(C)C(=O)NC)NC1CCN(Cc2ccccn2)CC1.I. The van der Waals surface area contributed by atoms with Crippen molar-refractivity contribution in [3.63, 3.8) is 0 Å². The Labute approximate surface area is 186 Å². The van der Waals surface area contributed by atoms with Crippen LogP contribution in [0.3, 0.4) is 0 Å². The minimum atomic E-state index is -0.525. The van der Waals surface area contributed by atoms with Gasteiger partial charge in [-0.25, -0.2) is 0 Å². The summed E-state index contributed by atoms with van der Waals surface area (Å²) in [6.07, 6.45) is 3.98. The van der Waals surface area contributed by atoms with Gasteiger partial charge < -0.3 is 16.0 Å². The van der Waals surface area contributed by atoms with Crippen LogP contribution in [0.4, 0.5) is 0 Å². The molecule has 28 heavy (non-hydrogen) atoms. The fraction of sp³-hybridized carbons (Fsp3) is 0.650. The highest BCUT2D eigenvalue weighted by Crippen LogP contribution is 2.16. The van der Waals surface area contributed by atoms with Gasteiger partial charge in [-0.1, -0.05) is 6.07 Å². The summed E-state index contributed by atoms with van der Waals surface area (Å²) in [5.41, 5.74) is 0.596. The number of aliphatic imine (C=N–C) groups is 1. The number of likely N-dealkylation sites (tertiary alicyclic amines) is 1. The smallest absolute Gasteiger partial charge is 0.227 e. The lowest BCUT2D eigenvalue weighted by molar-refractivity contribution is -0.128. The summed E-state index contributed by atoms with van der Waals surface area (Å²) in [5.74, 6) is 0.794. The monoisotopic (exact) mass is 502 g/mol. The topological polar surface area (TPSA) is 81.6 Å². The second kappa shape index (κ2) is 12.2. The highest BCUT2D eigenvalue weighted by atomic mass is 127. The van der Waals surface area contributed by atoms with E-state index < -0.39 is 5.41 Å². The molecule has 1 aliphatic heterocycles.